The van der Waals surface area contributed by atoms with Crippen LogP contribution in [0.1, 0.15) is 69.9 Å². The Morgan fingerprint density at radius 1 is 0.957 bits per heavy atom. The van der Waals surface area contributed by atoms with Crippen LogP contribution in [0.4, 0.5) is 11.4 Å². The number of aliphatic hydroxyl groups is 1. The van der Waals surface area contributed by atoms with Gasteiger partial charge in [0.15, 0.2) is 0 Å². The van der Waals surface area contributed by atoms with Gasteiger partial charge in [-0.1, -0.05) is 105 Å². The molecule has 6 rings (SSSR count). The Balaban J connectivity index is 1.29. The van der Waals surface area contributed by atoms with Crippen molar-refractivity contribution in [2.75, 3.05) is 29.5 Å². The van der Waals surface area contributed by atoms with Gasteiger partial charge in [-0.25, -0.2) is 0 Å². The summed E-state index contributed by atoms with van der Waals surface area (Å²) >= 11 is 7.15. The summed E-state index contributed by atoms with van der Waals surface area (Å²) in [5.41, 5.74) is 8.23. The molecule has 0 spiro atoms. The van der Waals surface area contributed by atoms with Crippen molar-refractivity contribution < 1.29 is 15.0 Å². The zero-order chi connectivity index (χ0) is 33.0. The van der Waals surface area contributed by atoms with E-state index < -0.39 is 5.97 Å². The number of allylic oxidation sites excluding steroid dienone is 8. The Morgan fingerprint density at radius 3 is 2.60 bits per heavy atom. The van der Waals surface area contributed by atoms with Crippen molar-refractivity contribution in [3.63, 3.8) is 0 Å². The number of carboxylic acid groups (broad SMARTS) is 1. The highest BCUT2D eigenvalue weighted by Gasteiger charge is 2.44. The highest BCUT2D eigenvalue weighted by atomic mass is 35.5. The molecular formula is C41H45ClN2O3. The number of hydrogen-bond acceptors (Lipinski definition) is 4. The van der Waals surface area contributed by atoms with Crippen molar-refractivity contribution >= 4 is 45.3 Å². The van der Waals surface area contributed by atoms with Crippen LogP contribution in [0.5, 0.6) is 0 Å². The van der Waals surface area contributed by atoms with Gasteiger partial charge in [0.05, 0.1) is 12.6 Å². The zero-order valence-corrected chi connectivity index (χ0v) is 28.2. The standard InChI is InChI=1S/C41H45ClN2O3/c1-41(2)37(44(25-9-3-4-17-38(46)47)36-22-20-29-11-5-6-15-34(29)39(36)41)23-21-32-13-10-12-31(40(32)42)19-18-30-24-26-43(27-28-45)35-16-8-7-14-33(30)35/h5-8,11,14-16,18-24,26,37,45H,3-4,9-10,12-13,17,25,27-28H2,1-2H3,(H,46,47). The molecule has 244 valence electrons. The fraction of sp³-hybridized carbons (Fsp3) is 0.341. The Labute approximate surface area is 283 Å². The van der Waals surface area contributed by atoms with Crippen LogP contribution in [0.3, 0.4) is 0 Å². The van der Waals surface area contributed by atoms with Gasteiger partial charge in [-0.05, 0) is 83.4 Å². The molecule has 6 heteroatoms. The number of nitrogens with zero attached hydrogens (tertiary/aromatic N) is 2. The van der Waals surface area contributed by atoms with Crippen molar-refractivity contribution in [2.24, 2.45) is 0 Å². The topological polar surface area (TPSA) is 64.0 Å². The summed E-state index contributed by atoms with van der Waals surface area (Å²) in [7, 11) is 0. The number of fused-ring (bicyclic) bond motifs is 4. The second kappa shape index (κ2) is 14.4. The van der Waals surface area contributed by atoms with E-state index in [1.807, 2.05) is 12.3 Å². The quantitative estimate of drug-likeness (QED) is 0.203. The molecule has 0 saturated heterocycles. The van der Waals surface area contributed by atoms with Gasteiger partial charge >= 0.3 is 5.97 Å². The summed E-state index contributed by atoms with van der Waals surface area (Å²) in [6, 6.07) is 21.6. The fourth-order valence-corrected chi connectivity index (χ4v) is 7.88. The molecule has 1 aliphatic carbocycles. The SMILES string of the molecule is CC1(C)c2c(ccc3ccccc23)N(CCCCCC(=O)O)C1C=CC1=C(Cl)C(=CC=C2C=CN(CCO)c3ccccc32)CCC1. The van der Waals surface area contributed by atoms with Crippen LogP contribution in [0.15, 0.2) is 113 Å². The van der Waals surface area contributed by atoms with Crippen molar-refractivity contribution in [3.8, 4) is 0 Å². The van der Waals surface area contributed by atoms with Gasteiger partial charge in [0, 0.05) is 53.1 Å². The minimum absolute atomic E-state index is 0.101. The lowest BCUT2D eigenvalue weighted by molar-refractivity contribution is -0.137. The smallest absolute Gasteiger partial charge is 0.303 e. The molecule has 0 aromatic heterocycles. The van der Waals surface area contributed by atoms with E-state index >= 15 is 0 Å². The van der Waals surface area contributed by atoms with Gasteiger partial charge in [0.2, 0.25) is 0 Å². The molecule has 0 saturated carbocycles. The second-order valence-corrected chi connectivity index (χ2v) is 13.7. The molecule has 0 radical (unpaired) electrons. The first-order chi connectivity index (χ1) is 22.8. The van der Waals surface area contributed by atoms with Gasteiger partial charge in [-0.2, -0.15) is 0 Å². The molecule has 3 aromatic rings. The van der Waals surface area contributed by atoms with Crippen LogP contribution in [0, 0.1) is 0 Å². The first-order valence-corrected chi connectivity index (χ1v) is 17.3. The van der Waals surface area contributed by atoms with Crippen LogP contribution in [0.2, 0.25) is 0 Å². The van der Waals surface area contributed by atoms with Gasteiger partial charge in [-0.15, -0.1) is 0 Å². The molecule has 3 aliphatic rings. The molecule has 0 fully saturated rings. The normalized spacial score (nSPS) is 20.6. The van der Waals surface area contributed by atoms with E-state index in [0.29, 0.717) is 13.0 Å². The monoisotopic (exact) mass is 648 g/mol. The van der Waals surface area contributed by atoms with Crippen LogP contribution in [-0.2, 0) is 10.2 Å². The average Bonchev–Trinajstić information content (AvgIpc) is 3.29. The third-order valence-corrected chi connectivity index (χ3v) is 10.4. The van der Waals surface area contributed by atoms with E-state index in [-0.39, 0.29) is 24.5 Å². The Bertz CT molecular complexity index is 1800. The summed E-state index contributed by atoms with van der Waals surface area (Å²) in [5, 5.41) is 22.0. The van der Waals surface area contributed by atoms with E-state index in [4.69, 9.17) is 16.7 Å². The van der Waals surface area contributed by atoms with Crippen molar-refractivity contribution in [3.05, 3.63) is 125 Å². The molecule has 2 N–H and O–H groups in total. The molecule has 2 aliphatic heterocycles. The number of aliphatic hydroxyl groups excluding tert-OH is 1. The van der Waals surface area contributed by atoms with Crippen molar-refractivity contribution in [1.82, 2.24) is 0 Å². The number of anilines is 2. The van der Waals surface area contributed by atoms with Crippen molar-refractivity contribution in [2.45, 2.75) is 70.3 Å². The lowest BCUT2D eigenvalue weighted by atomic mass is 9.78. The highest BCUT2D eigenvalue weighted by Crippen LogP contribution is 2.49. The van der Waals surface area contributed by atoms with Gasteiger partial charge in [-0.3, -0.25) is 4.79 Å². The van der Waals surface area contributed by atoms with E-state index in [2.05, 4.69) is 109 Å². The Morgan fingerprint density at radius 2 is 1.77 bits per heavy atom. The molecule has 5 nitrogen and oxygen atoms in total. The number of benzene rings is 3. The number of para-hydroxylation sites is 1. The summed E-state index contributed by atoms with van der Waals surface area (Å²) in [6.07, 6.45) is 18.8. The van der Waals surface area contributed by atoms with Crippen LogP contribution in [0.25, 0.3) is 16.3 Å². The summed E-state index contributed by atoms with van der Waals surface area (Å²) in [5.74, 6) is -0.725. The maximum atomic E-state index is 11.1. The molecule has 47 heavy (non-hydrogen) atoms. The fourth-order valence-electron chi connectivity index (χ4n) is 7.57. The summed E-state index contributed by atoms with van der Waals surface area (Å²) in [6.45, 7) is 6.24. The van der Waals surface area contributed by atoms with Gasteiger partial charge in [0.25, 0.3) is 0 Å². The third-order valence-electron chi connectivity index (χ3n) is 9.92. The second-order valence-electron chi connectivity index (χ2n) is 13.4. The van der Waals surface area contributed by atoms with Crippen molar-refractivity contribution in [1.29, 1.82) is 0 Å². The van der Waals surface area contributed by atoms with Gasteiger partial charge < -0.3 is 20.0 Å². The maximum Gasteiger partial charge on any atom is 0.303 e. The number of carbonyl (C=O) groups is 1. The molecule has 1 unspecified atom stereocenters. The predicted molar refractivity (Wildman–Crippen MR) is 196 cm³/mol. The lowest BCUT2D eigenvalue weighted by Gasteiger charge is -2.33. The van der Waals surface area contributed by atoms with E-state index in [1.165, 1.54) is 27.6 Å². The first-order valence-electron chi connectivity index (χ1n) is 16.9. The molecule has 0 bridgehead atoms. The Kier molecular flexibility index (Phi) is 10.0. The molecule has 0 amide bonds. The average molecular weight is 649 g/mol. The Hall–Kier alpha value is -4.06. The molecular weight excluding hydrogens is 604 g/mol. The van der Waals surface area contributed by atoms with E-state index in [9.17, 15) is 9.90 Å². The summed E-state index contributed by atoms with van der Waals surface area (Å²) < 4.78 is 0. The van der Waals surface area contributed by atoms with E-state index in [0.717, 1.165) is 66.1 Å². The minimum atomic E-state index is -0.725. The highest BCUT2D eigenvalue weighted by molar-refractivity contribution is 6.32. The van der Waals surface area contributed by atoms with E-state index in [1.54, 1.807) is 0 Å². The largest absolute Gasteiger partial charge is 0.481 e. The molecule has 1 atom stereocenters. The number of unbranched alkanes of at least 4 members (excludes halogenated alkanes) is 2. The van der Waals surface area contributed by atoms with Crippen LogP contribution < -0.4 is 9.80 Å². The maximum absolute atomic E-state index is 11.1. The minimum Gasteiger partial charge on any atom is -0.481 e. The number of β-amino-alcohol motifs (C(OH)–C–C–N with tert-alkyl or cyclic N) is 1. The van der Waals surface area contributed by atoms with Crippen LogP contribution >= 0.6 is 11.6 Å². The number of halogens is 1. The predicted octanol–water partition coefficient (Wildman–Crippen LogP) is 9.52. The molecule has 2 heterocycles. The number of carboxylic acids is 1. The lowest BCUT2D eigenvalue weighted by Crippen LogP contribution is -2.40. The van der Waals surface area contributed by atoms with Gasteiger partial charge in [0.1, 0.15) is 0 Å². The first kappa shape index (κ1) is 32.9. The third kappa shape index (κ3) is 6.83. The number of aliphatic carboxylic acids is 1. The zero-order valence-electron chi connectivity index (χ0n) is 27.5. The molecule has 3 aromatic carbocycles. The number of rotatable bonds is 11. The number of hydrogen-bond donors (Lipinski definition) is 2. The summed E-state index contributed by atoms with van der Waals surface area (Å²) in [4.78, 5) is 15.7. The van der Waals surface area contributed by atoms with Crippen LogP contribution in [-0.4, -0.2) is 41.9 Å².